The monoisotopic (exact) mass is 328 g/mol. The van der Waals surface area contributed by atoms with E-state index < -0.39 is 0 Å². The summed E-state index contributed by atoms with van der Waals surface area (Å²) in [4.78, 5) is 14.2. The van der Waals surface area contributed by atoms with Crippen molar-refractivity contribution < 1.29 is 9.53 Å². The fraction of sp³-hybridized carbons (Fsp3) is 0.188. The summed E-state index contributed by atoms with van der Waals surface area (Å²) >= 11 is 5.32. The maximum atomic E-state index is 12.7. The number of rotatable bonds is 4. The minimum atomic E-state index is -0.219. The summed E-state index contributed by atoms with van der Waals surface area (Å²) in [6.45, 7) is 2.71. The second kappa shape index (κ2) is 6.21. The van der Waals surface area contributed by atoms with Gasteiger partial charge in [-0.15, -0.1) is 0 Å². The van der Waals surface area contributed by atoms with E-state index in [2.05, 4.69) is 10.4 Å². The summed E-state index contributed by atoms with van der Waals surface area (Å²) < 4.78 is 7.12. The van der Waals surface area contributed by atoms with Gasteiger partial charge in [-0.1, -0.05) is 12.1 Å². The van der Waals surface area contributed by atoms with Gasteiger partial charge in [0.2, 0.25) is 0 Å². The predicted octanol–water partition coefficient (Wildman–Crippen LogP) is 2.17. The van der Waals surface area contributed by atoms with Crippen LogP contribution >= 0.6 is 12.2 Å². The van der Waals surface area contributed by atoms with Gasteiger partial charge in [0.15, 0.2) is 5.11 Å². The van der Waals surface area contributed by atoms with Gasteiger partial charge in [-0.3, -0.25) is 9.48 Å². The highest BCUT2D eigenvalue weighted by atomic mass is 32.1. The van der Waals surface area contributed by atoms with Crippen LogP contribution in [0.2, 0.25) is 0 Å². The van der Waals surface area contributed by atoms with Gasteiger partial charge < -0.3 is 10.1 Å². The summed E-state index contributed by atoms with van der Waals surface area (Å²) in [5.41, 5.74) is 1.87. The number of para-hydroxylation sites is 2. The molecule has 1 aliphatic heterocycles. The Morgan fingerprint density at radius 3 is 2.87 bits per heavy atom. The number of thiocarbonyl (C=S) groups is 1. The third-order valence-electron chi connectivity index (χ3n) is 3.55. The maximum Gasteiger partial charge on any atom is 0.281 e. The molecule has 0 saturated carbocycles. The molecule has 1 N–H and O–H groups in total. The van der Waals surface area contributed by atoms with E-state index in [9.17, 15) is 4.79 Å². The first-order chi connectivity index (χ1) is 11.2. The van der Waals surface area contributed by atoms with Gasteiger partial charge in [0, 0.05) is 12.7 Å². The molecule has 1 aliphatic rings. The molecule has 0 atom stereocenters. The van der Waals surface area contributed by atoms with Crippen LogP contribution in [0.4, 0.5) is 5.69 Å². The van der Waals surface area contributed by atoms with E-state index in [0.29, 0.717) is 22.2 Å². The zero-order valence-electron chi connectivity index (χ0n) is 12.8. The molecule has 118 valence electrons. The Bertz CT molecular complexity index is 797. The molecule has 0 aliphatic carbocycles. The van der Waals surface area contributed by atoms with Crippen molar-refractivity contribution in [3.05, 3.63) is 47.9 Å². The van der Waals surface area contributed by atoms with Gasteiger partial charge in [0.25, 0.3) is 5.91 Å². The molecule has 3 rings (SSSR count). The Morgan fingerprint density at radius 1 is 1.35 bits per heavy atom. The number of carbonyl (C=O) groups is 1. The highest BCUT2D eigenvalue weighted by Crippen LogP contribution is 2.31. The number of carbonyl (C=O) groups excluding carboxylic acids is 1. The fourth-order valence-electron chi connectivity index (χ4n) is 2.45. The van der Waals surface area contributed by atoms with Gasteiger partial charge in [0.1, 0.15) is 11.4 Å². The first-order valence-electron chi connectivity index (χ1n) is 7.17. The molecule has 2 heterocycles. The standard InChI is InChI=1S/C16H16N4O2S/c1-3-19-11(8-9-17-19)10-12-15(21)20(16(23)18-12)13-6-4-5-7-14(13)22-2/h4-10H,3H2,1-2H3,(H,18,23)/b12-10+. The van der Waals surface area contributed by atoms with Crippen LogP contribution in [0.15, 0.2) is 42.2 Å². The van der Waals surface area contributed by atoms with Crippen LogP contribution in [0.5, 0.6) is 5.75 Å². The van der Waals surface area contributed by atoms with Crippen LogP contribution in [-0.2, 0) is 11.3 Å². The van der Waals surface area contributed by atoms with Gasteiger partial charge in [-0.25, -0.2) is 4.90 Å². The van der Waals surface area contributed by atoms with Crippen molar-refractivity contribution >= 4 is 35.0 Å². The van der Waals surface area contributed by atoms with E-state index in [1.54, 1.807) is 36.2 Å². The van der Waals surface area contributed by atoms with Gasteiger partial charge in [-0.2, -0.15) is 5.10 Å². The smallest absolute Gasteiger partial charge is 0.281 e. The van der Waals surface area contributed by atoms with Crippen LogP contribution < -0.4 is 15.0 Å². The number of nitrogens with one attached hydrogen (secondary N) is 1. The molecule has 1 aromatic heterocycles. The number of anilines is 1. The number of amides is 1. The van der Waals surface area contributed by atoms with E-state index in [4.69, 9.17) is 17.0 Å². The lowest BCUT2D eigenvalue weighted by atomic mass is 10.2. The molecule has 0 bridgehead atoms. The first kappa shape index (κ1) is 15.2. The van der Waals surface area contributed by atoms with Crippen molar-refractivity contribution in [1.29, 1.82) is 0 Å². The largest absolute Gasteiger partial charge is 0.495 e. The normalized spacial score (nSPS) is 16.1. The van der Waals surface area contributed by atoms with E-state index >= 15 is 0 Å². The van der Waals surface area contributed by atoms with Gasteiger partial charge >= 0.3 is 0 Å². The lowest BCUT2D eigenvalue weighted by Gasteiger charge is -2.17. The third kappa shape index (κ3) is 2.70. The van der Waals surface area contributed by atoms with Gasteiger partial charge in [0.05, 0.1) is 18.5 Å². The zero-order valence-corrected chi connectivity index (χ0v) is 13.6. The molecule has 7 heteroatoms. The van der Waals surface area contributed by atoms with Crippen LogP contribution in [-0.4, -0.2) is 27.9 Å². The summed E-state index contributed by atoms with van der Waals surface area (Å²) in [5.74, 6) is 0.369. The summed E-state index contributed by atoms with van der Waals surface area (Å²) in [6, 6.07) is 9.11. The molecule has 2 aromatic rings. The number of aromatic nitrogens is 2. The maximum absolute atomic E-state index is 12.7. The van der Waals surface area contributed by atoms with Crippen LogP contribution in [0.1, 0.15) is 12.6 Å². The number of methoxy groups -OCH3 is 1. The minimum Gasteiger partial charge on any atom is -0.495 e. The van der Waals surface area contributed by atoms with Crippen molar-refractivity contribution in [1.82, 2.24) is 15.1 Å². The quantitative estimate of drug-likeness (QED) is 0.688. The minimum absolute atomic E-state index is 0.219. The first-order valence-corrected chi connectivity index (χ1v) is 7.58. The average molecular weight is 328 g/mol. The molecule has 0 unspecified atom stereocenters. The molecule has 1 aromatic carbocycles. The van der Waals surface area contributed by atoms with Crippen molar-refractivity contribution in [3.63, 3.8) is 0 Å². The molecule has 23 heavy (non-hydrogen) atoms. The highest BCUT2D eigenvalue weighted by molar-refractivity contribution is 7.80. The number of nitrogens with zero attached hydrogens (tertiary/aromatic N) is 3. The Kier molecular flexibility index (Phi) is 4.12. The molecular formula is C16H16N4O2S. The number of hydrogen-bond donors (Lipinski definition) is 1. The van der Waals surface area contributed by atoms with Crippen molar-refractivity contribution in [2.75, 3.05) is 12.0 Å². The lowest BCUT2D eigenvalue weighted by molar-refractivity contribution is -0.113. The van der Waals surface area contributed by atoms with Crippen molar-refractivity contribution in [2.45, 2.75) is 13.5 Å². The Balaban J connectivity index is 1.97. The molecule has 1 saturated heterocycles. The molecular weight excluding hydrogens is 312 g/mol. The Labute approximate surface area is 139 Å². The Morgan fingerprint density at radius 2 is 2.13 bits per heavy atom. The predicted molar refractivity (Wildman–Crippen MR) is 92.1 cm³/mol. The molecule has 0 radical (unpaired) electrons. The SMILES string of the molecule is CCn1nccc1/C=C1/NC(=S)N(c2ccccc2OC)C1=O. The van der Waals surface area contributed by atoms with Gasteiger partial charge in [-0.05, 0) is 43.4 Å². The second-order valence-corrected chi connectivity index (χ2v) is 5.26. The second-order valence-electron chi connectivity index (χ2n) is 4.87. The van der Waals surface area contributed by atoms with E-state index in [1.165, 1.54) is 4.90 Å². The van der Waals surface area contributed by atoms with E-state index in [0.717, 1.165) is 12.2 Å². The zero-order chi connectivity index (χ0) is 16.4. The number of benzene rings is 1. The van der Waals surface area contributed by atoms with Crippen LogP contribution in [0, 0.1) is 0 Å². The molecule has 6 nitrogen and oxygen atoms in total. The summed E-state index contributed by atoms with van der Waals surface area (Å²) in [7, 11) is 1.56. The van der Waals surface area contributed by atoms with Crippen molar-refractivity contribution in [2.24, 2.45) is 0 Å². The average Bonchev–Trinajstić information content (AvgIpc) is 3.12. The topological polar surface area (TPSA) is 59.4 Å². The number of ether oxygens (including phenoxy) is 1. The highest BCUT2D eigenvalue weighted by Gasteiger charge is 2.33. The fourth-order valence-corrected chi connectivity index (χ4v) is 2.74. The lowest BCUT2D eigenvalue weighted by Crippen LogP contribution is -2.30. The molecule has 0 spiro atoms. The summed E-state index contributed by atoms with van der Waals surface area (Å²) in [5, 5.41) is 7.48. The molecule has 1 amide bonds. The number of aryl methyl sites for hydroxylation is 1. The third-order valence-corrected chi connectivity index (χ3v) is 3.83. The van der Waals surface area contributed by atoms with E-state index in [-0.39, 0.29) is 5.91 Å². The van der Waals surface area contributed by atoms with Crippen LogP contribution in [0.25, 0.3) is 6.08 Å². The van der Waals surface area contributed by atoms with Crippen molar-refractivity contribution in [3.8, 4) is 5.75 Å². The Hall–Kier alpha value is -2.67. The van der Waals surface area contributed by atoms with E-state index in [1.807, 2.05) is 25.1 Å². The molecule has 1 fully saturated rings. The summed E-state index contributed by atoms with van der Waals surface area (Å²) in [6.07, 6.45) is 3.45. The number of hydrogen-bond acceptors (Lipinski definition) is 4. The van der Waals surface area contributed by atoms with Crippen LogP contribution in [0.3, 0.4) is 0 Å².